The standard InChI is InChI=1S/C19H31N3O3.HI/c1-15-4-5-17(24-3)16(12-15)6-9-21-18(20-2)22-13-19(7-10-23)8-11-25-14-19;/h4-5,12,23H,6-11,13-14H2,1-3H3,(H2,20,21,22);1H. The second-order valence-electron chi connectivity index (χ2n) is 6.69. The van der Waals surface area contributed by atoms with Gasteiger partial charge in [-0.25, -0.2) is 0 Å². The summed E-state index contributed by atoms with van der Waals surface area (Å²) in [6, 6.07) is 6.22. The fourth-order valence-electron chi connectivity index (χ4n) is 3.22. The lowest BCUT2D eigenvalue weighted by atomic mass is 9.84. The third-order valence-corrected chi connectivity index (χ3v) is 4.80. The van der Waals surface area contributed by atoms with Gasteiger partial charge in [0.05, 0.1) is 13.7 Å². The number of aliphatic imine (C=N–C) groups is 1. The molecule has 1 atom stereocenters. The van der Waals surface area contributed by atoms with E-state index in [1.54, 1.807) is 14.2 Å². The van der Waals surface area contributed by atoms with E-state index in [4.69, 9.17) is 9.47 Å². The molecule has 0 aromatic heterocycles. The Hall–Kier alpha value is -1.06. The number of rotatable bonds is 8. The van der Waals surface area contributed by atoms with Crippen molar-refractivity contribution < 1.29 is 14.6 Å². The van der Waals surface area contributed by atoms with Crippen molar-refractivity contribution in [1.82, 2.24) is 10.6 Å². The van der Waals surface area contributed by atoms with Crippen LogP contribution in [0.4, 0.5) is 0 Å². The molecule has 148 valence electrons. The highest BCUT2D eigenvalue weighted by molar-refractivity contribution is 14.0. The number of nitrogens with zero attached hydrogens (tertiary/aromatic N) is 1. The number of guanidine groups is 1. The van der Waals surface area contributed by atoms with Gasteiger partial charge >= 0.3 is 0 Å². The number of aryl methyl sites for hydroxylation is 1. The smallest absolute Gasteiger partial charge is 0.191 e. The van der Waals surface area contributed by atoms with E-state index >= 15 is 0 Å². The van der Waals surface area contributed by atoms with Crippen molar-refractivity contribution in [3.63, 3.8) is 0 Å². The Labute approximate surface area is 173 Å². The van der Waals surface area contributed by atoms with Crippen LogP contribution in [0.5, 0.6) is 5.75 Å². The van der Waals surface area contributed by atoms with Gasteiger partial charge in [0.25, 0.3) is 0 Å². The van der Waals surface area contributed by atoms with Crippen molar-refractivity contribution >= 4 is 29.9 Å². The molecule has 0 spiro atoms. The molecule has 0 aliphatic carbocycles. The van der Waals surface area contributed by atoms with Crippen LogP contribution in [-0.4, -0.2) is 58.1 Å². The molecule has 0 bridgehead atoms. The van der Waals surface area contributed by atoms with E-state index in [-0.39, 0.29) is 36.0 Å². The number of nitrogens with one attached hydrogen (secondary N) is 2. The molecule has 0 amide bonds. The lowest BCUT2D eigenvalue weighted by Crippen LogP contribution is -2.45. The van der Waals surface area contributed by atoms with E-state index in [9.17, 15) is 5.11 Å². The summed E-state index contributed by atoms with van der Waals surface area (Å²) in [6.45, 7) is 5.24. The molecule has 1 saturated heterocycles. The first kappa shape index (κ1) is 23.0. The number of halogens is 1. The zero-order valence-corrected chi connectivity index (χ0v) is 18.3. The number of aliphatic hydroxyl groups is 1. The summed E-state index contributed by atoms with van der Waals surface area (Å²) in [6.07, 6.45) is 2.58. The molecule has 1 fully saturated rings. The predicted octanol–water partition coefficient (Wildman–Crippen LogP) is 2.12. The number of hydrogen-bond donors (Lipinski definition) is 3. The number of aliphatic hydroxyl groups excluding tert-OH is 1. The van der Waals surface area contributed by atoms with Crippen molar-refractivity contribution in [3.8, 4) is 5.75 Å². The third kappa shape index (κ3) is 6.59. The molecule has 1 aliphatic heterocycles. The SMILES string of the molecule is CN=C(NCCc1cc(C)ccc1OC)NCC1(CCO)CCOC1.I. The fourth-order valence-corrected chi connectivity index (χ4v) is 3.22. The van der Waals surface area contributed by atoms with Crippen molar-refractivity contribution in [3.05, 3.63) is 29.3 Å². The first-order valence-electron chi connectivity index (χ1n) is 8.89. The molecule has 1 heterocycles. The third-order valence-electron chi connectivity index (χ3n) is 4.80. The zero-order valence-electron chi connectivity index (χ0n) is 16.0. The molecule has 1 aliphatic rings. The molecule has 26 heavy (non-hydrogen) atoms. The molecule has 2 rings (SSSR count). The van der Waals surface area contributed by atoms with Crippen LogP contribution in [0, 0.1) is 12.3 Å². The minimum atomic E-state index is 0. The summed E-state index contributed by atoms with van der Waals surface area (Å²) in [7, 11) is 3.47. The lowest BCUT2D eigenvalue weighted by molar-refractivity contribution is 0.127. The van der Waals surface area contributed by atoms with Gasteiger partial charge in [-0.1, -0.05) is 17.7 Å². The van der Waals surface area contributed by atoms with Gasteiger partial charge in [0, 0.05) is 38.8 Å². The summed E-state index contributed by atoms with van der Waals surface area (Å²) in [5.74, 6) is 1.69. The normalized spacial score (nSPS) is 19.8. The number of hydrogen-bond acceptors (Lipinski definition) is 4. The average Bonchev–Trinajstić information content (AvgIpc) is 3.07. The van der Waals surface area contributed by atoms with Crippen LogP contribution in [0.3, 0.4) is 0 Å². The maximum atomic E-state index is 9.31. The molecule has 0 radical (unpaired) electrons. The van der Waals surface area contributed by atoms with E-state index in [0.29, 0.717) is 6.61 Å². The average molecular weight is 477 g/mol. The Bertz CT molecular complexity index is 575. The molecule has 6 nitrogen and oxygen atoms in total. The van der Waals surface area contributed by atoms with Crippen LogP contribution in [0.15, 0.2) is 23.2 Å². The summed E-state index contributed by atoms with van der Waals surface area (Å²) in [5, 5.41) is 16.0. The van der Waals surface area contributed by atoms with E-state index in [1.807, 2.05) is 6.07 Å². The second kappa shape index (κ2) is 11.6. The molecule has 1 aromatic carbocycles. The highest BCUT2D eigenvalue weighted by atomic mass is 127. The van der Waals surface area contributed by atoms with Crippen LogP contribution in [-0.2, 0) is 11.2 Å². The van der Waals surface area contributed by atoms with Gasteiger partial charge in [0.1, 0.15) is 5.75 Å². The van der Waals surface area contributed by atoms with Crippen molar-refractivity contribution in [2.75, 3.05) is 47.1 Å². The number of ether oxygens (including phenoxy) is 2. The number of benzene rings is 1. The molecule has 1 aromatic rings. The minimum Gasteiger partial charge on any atom is -0.496 e. The predicted molar refractivity (Wildman–Crippen MR) is 116 cm³/mol. The topological polar surface area (TPSA) is 75.1 Å². The van der Waals surface area contributed by atoms with Crippen LogP contribution < -0.4 is 15.4 Å². The monoisotopic (exact) mass is 477 g/mol. The minimum absolute atomic E-state index is 0. The van der Waals surface area contributed by atoms with Crippen molar-refractivity contribution in [2.45, 2.75) is 26.2 Å². The van der Waals surface area contributed by atoms with Gasteiger partial charge in [-0.3, -0.25) is 4.99 Å². The van der Waals surface area contributed by atoms with Gasteiger partial charge in [0.15, 0.2) is 5.96 Å². The first-order chi connectivity index (χ1) is 12.1. The highest BCUT2D eigenvalue weighted by Crippen LogP contribution is 2.31. The highest BCUT2D eigenvalue weighted by Gasteiger charge is 2.34. The zero-order chi connectivity index (χ0) is 18.1. The maximum Gasteiger partial charge on any atom is 0.191 e. The van der Waals surface area contributed by atoms with Crippen LogP contribution in [0.2, 0.25) is 0 Å². The van der Waals surface area contributed by atoms with Gasteiger partial charge in [-0.15, -0.1) is 24.0 Å². The summed E-state index contributed by atoms with van der Waals surface area (Å²) in [4.78, 5) is 4.29. The van der Waals surface area contributed by atoms with Crippen LogP contribution in [0.25, 0.3) is 0 Å². The van der Waals surface area contributed by atoms with E-state index in [2.05, 4.69) is 34.7 Å². The van der Waals surface area contributed by atoms with Crippen LogP contribution in [0.1, 0.15) is 24.0 Å². The van der Waals surface area contributed by atoms with Gasteiger partial charge in [-0.2, -0.15) is 0 Å². The molecule has 0 saturated carbocycles. The first-order valence-corrected chi connectivity index (χ1v) is 8.89. The molecule has 7 heteroatoms. The lowest BCUT2D eigenvalue weighted by Gasteiger charge is -2.27. The summed E-state index contributed by atoms with van der Waals surface area (Å²) < 4.78 is 11.0. The Kier molecular flexibility index (Phi) is 10.3. The largest absolute Gasteiger partial charge is 0.496 e. The molecule has 1 unspecified atom stereocenters. The molecular weight excluding hydrogens is 445 g/mol. The van der Waals surface area contributed by atoms with E-state index in [0.717, 1.165) is 50.7 Å². The van der Waals surface area contributed by atoms with E-state index in [1.165, 1.54) is 11.1 Å². The van der Waals surface area contributed by atoms with Gasteiger partial charge in [-0.05, 0) is 37.8 Å². The van der Waals surface area contributed by atoms with Crippen molar-refractivity contribution in [1.29, 1.82) is 0 Å². The number of methoxy groups -OCH3 is 1. The van der Waals surface area contributed by atoms with Crippen LogP contribution >= 0.6 is 24.0 Å². The fraction of sp³-hybridized carbons (Fsp3) is 0.632. The Morgan fingerprint density at radius 1 is 1.38 bits per heavy atom. The summed E-state index contributed by atoms with van der Waals surface area (Å²) in [5.41, 5.74) is 2.42. The molecule has 3 N–H and O–H groups in total. The van der Waals surface area contributed by atoms with Gasteiger partial charge < -0.3 is 25.2 Å². The second-order valence-corrected chi connectivity index (χ2v) is 6.69. The summed E-state index contributed by atoms with van der Waals surface area (Å²) >= 11 is 0. The van der Waals surface area contributed by atoms with Crippen molar-refractivity contribution in [2.24, 2.45) is 10.4 Å². The Morgan fingerprint density at radius 2 is 2.19 bits per heavy atom. The quantitative estimate of drug-likeness (QED) is 0.304. The van der Waals surface area contributed by atoms with Gasteiger partial charge in [0.2, 0.25) is 0 Å². The van der Waals surface area contributed by atoms with E-state index < -0.39 is 0 Å². The Balaban J connectivity index is 0.00000338. The Morgan fingerprint density at radius 3 is 2.81 bits per heavy atom. The molecular formula is C19H32IN3O3. The maximum absolute atomic E-state index is 9.31.